The smallest absolute Gasteiger partial charge is 0.0818 e. The summed E-state index contributed by atoms with van der Waals surface area (Å²) in [6, 6.07) is 9.17. The molecule has 0 amide bonds. The van der Waals surface area contributed by atoms with Crippen molar-refractivity contribution in [2.45, 2.75) is 83.7 Å². The summed E-state index contributed by atoms with van der Waals surface area (Å²) < 4.78 is 5.55. The monoisotopic (exact) mass is 368 g/mol. The van der Waals surface area contributed by atoms with Gasteiger partial charge < -0.3 is 4.74 Å². The van der Waals surface area contributed by atoms with Crippen LogP contribution in [-0.2, 0) is 11.2 Å². The van der Waals surface area contributed by atoms with Crippen LogP contribution < -0.4 is 0 Å². The van der Waals surface area contributed by atoms with Gasteiger partial charge in [0.15, 0.2) is 0 Å². The van der Waals surface area contributed by atoms with Crippen molar-refractivity contribution in [3.8, 4) is 0 Å². The predicted molar refractivity (Wildman–Crippen MR) is 116 cm³/mol. The second-order valence-electron chi connectivity index (χ2n) is 9.10. The van der Waals surface area contributed by atoms with E-state index < -0.39 is 0 Å². The molecule has 3 rings (SSSR count). The van der Waals surface area contributed by atoms with Crippen molar-refractivity contribution in [3.63, 3.8) is 0 Å². The molecule has 2 aliphatic rings. The Labute approximate surface area is 167 Å². The Morgan fingerprint density at radius 1 is 0.963 bits per heavy atom. The Balaban J connectivity index is 1.39. The highest BCUT2D eigenvalue weighted by molar-refractivity contribution is 5.24. The molecule has 0 aromatic heterocycles. The summed E-state index contributed by atoms with van der Waals surface area (Å²) in [7, 11) is 1.81. The van der Waals surface area contributed by atoms with Gasteiger partial charge >= 0.3 is 0 Å². The maximum atomic E-state index is 5.55. The first-order valence-corrected chi connectivity index (χ1v) is 11.5. The van der Waals surface area contributed by atoms with Gasteiger partial charge in [-0.2, -0.15) is 0 Å². The lowest BCUT2D eigenvalue weighted by Gasteiger charge is -2.37. The summed E-state index contributed by atoms with van der Waals surface area (Å²) in [5.41, 5.74) is 2.81. The number of ether oxygens (including phenoxy) is 1. The van der Waals surface area contributed by atoms with Crippen LogP contribution in [0.1, 0.15) is 88.4 Å². The lowest BCUT2D eigenvalue weighted by atomic mass is 9.68. The Morgan fingerprint density at radius 2 is 1.56 bits per heavy atom. The minimum Gasteiger partial charge on any atom is -0.377 e. The molecule has 0 bridgehead atoms. The first-order chi connectivity index (χ1) is 13.2. The lowest BCUT2D eigenvalue weighted by molar-refractivity contribution is 0.100. The molecule has 2 saturated carbocycles. The minimum atomic E-state index is 0.246. The van der Waals surface area contributed by atoms with Gasteiger partial charge in [-0.15, -0.1) is 6.58 Å². The van der Waals surface area contributed by atoms with Gasteiger partial charge in [0.2, 0.25) is 0 Å². The Bertz CT molecular complexity index is 540. The van der Waals surface area contributed by atoms with Gasteiger partial charge in [-0.25, -0.2) is 0 Å². The average Bonchev–Trinajstić information content (AvgIpc) is 2.74. The Morgan fingerprint density at radius 3 is 2.07 bits per heavy atom. The third kappa shape index (κ3) is 5.70. The van der Waals surface area contributed by atoms with E-state index in [4.69, 9.17) is 4.74 Å². The average molecular weight is 369 g/mol. The molecule has 2 aliphatic carbocycles. The number of allylic oxidation sites excluding steroid dienone is 1. The molecule has 27 heavy (non-hydrogen) atoms. The largest absolute Gasteiger partial charge is 0.377 e. The van der Waals surface area contributed by atoms with Gasteiger partial charge in [0.05, 0.1) is 6.10 Å². The van der Waals surface area contributed by atoms with E-state index in [-0.39, 0.29) is 6.10 Å². The number of benzene rings is 1. The summed E-state index contributed by atoms with van der Waals surface area (Å²) in [6.07, 6.45) is 17.7. The molecule has 1 atom stereocenters. The SMILES string of the molecule is C=CC1CCC(C2CCC(CCc3ccc(C(CC)OC)cc3)CC2)CC1. The molecule has 1 nitrogen and oxygen atoms in total. The summed E-state index contributed by atoms with van der Waals surface area (Å²) in [5, 5.41) is 0. The van der Waals surface area contributed by atoms with Crippen LogP contribution in [0, 0.1) is 23.7 Å². The van der Waals surface area contributed by atoms with Crippen LogP contribution in [0.5, 0.6) is 0 Å². The predicted octanol–water partition coefficient (Wildman–Crippen LogP) is 7.52. The molecule has 1 heteroatoms. The zero-order valence-corrected chi connectivity index (χ0v) is 17.7. The molecule has 1 aromatic rings. The number of rotatable bonds is 8. The molecule has 0 radical (unpaired) electrons. The van der Waals surface area contributed by atoms with Crippen LogP contribution in [0.3, 0.4) is 0 Å². The number of aryl methyl sites for hydroxylation is 1. The molecular formula is C26H40O. The maximum absolute atomic E-state index is 5.55. The molecule has 0 spiro atoms. The number of hydrogen-bond donors (Lipinski definition) is 0. The zero-order valence-electron chi connectivity index (χ0n) is 17.7. The van der Waals surface area contributed by atoms with Gasteiger partial charge in [0, 0.05) is 7.11 Å². The van der Waals surface area contributed by atoms with E-state index in [0.29, 0.717) is 0 Å². The van der Waals surface area contributed by atoms with Gasteiger partial charge in [0.1, 0.15) is 0 Å². The second-order valence-corrected chi connectivity index (χ2v) is 9.10. The fourth-order valence-electron chi connectivity index (χ4n) is 5.61. The summed E-state index contributed by atoms with van der Waals surface area (Å²) in [4.78, 5) is 0. The fourth-order valence-corrected chi connectivity index (χ4v) is 5.61. The van der Waals surface area contributed by atoms with E-state index in [0.717, 1.165) is 30.1 Å². The molecule has 0 heterocycles. The number of hydrogen-bond acceptors (Lipinski definition) is 1. The highest BCUT2D eigenvalue weighted by Gasteiger charge is 2.30. The summed E-state index contributed by atoms with van der Waals surface area (Å²) in [6.45, 7) is 6.18. The third-order valence-electron chi connectivity index (χ3n) is 7.56. The summed E-state index contributed by atoms with van der Waals surface area (Å²) >= 11 is 0. The molecule has 0 aliphatic heterocycles. The molecular weight excluding hydrogens is 328 g/mol. The number of methoxy groups -OCH3 is 1. The summed E-state index contributed by atoms with van der Waals surface area (Å²) in [5.74, 6) is 3.79. The fraction of sp³-hybridized carbons (Fsp3) is 0.692. The molecule has 0 saturated heterocycles. The van der Waals surface area contributed by atoms with Crippen LogP contribution >= 0.6 is 0 Å². The van der Waals surface area contributed by atoms with Gasteiger partial charge in [-0.1, -0.05) is 50.1 Å². The van der Waals surface area contributed by atoms with Crippen LogP contribution in [0.15, 0.2) is 36.9 Å². The highest BCUT2D eigenvalue weighted by Crippen LogP contribution is 2.42. The van der Waals surface area contributed by atoms with E-state index in [2.05, 4.69) is 43.8 Å². The Hall–Kier alpha value is -1.08. The quantitative estimate of drug-likeness (QED) is 0.431. The molecule has 0 N–H and O–H groups in total. The van der Waals surface area contributed by atoms with Crippen LogP contribution in [-0.4, -0.2) is 7.11 Å². The van der Waals surface area contributed by atoms with Gasteiger partial charge in [-0.05, 0) is 92.6 Å². The standard InChI is InChI=1S/C26H40O/c1-4-20-8-14-23(15-9-20)24-16-10-21(11-17-24)6-7-22-12-18-25(19-13-22)26(5-2)27-3/h4,12-13,18-21,23-24,26H,1,5-11,14-17H2,2-3H3. The van der Waals surface area contributed by atoms with Crippen LogP contribution in [0.2, 0.25) is 0 Å². The normalized spacial score (nSPS) is 30.0. The zero-order chi connectivity index (χ0) is 19.1. The molecule has 1 unspecified atom stereocenters. The van der Waals surface area contributed by atoms with E-state index in [1.54, 1.807) is 0 Å². The lowest BCUT2D eigenvalue weighted by Crippen LogP contribution is -2.25. The van der Waals surface area contributed by atoms with Crippen molar-refractivity contribution in [1.82, 2.24) is 0 Å². The minimum absolute atomic E-state index is 0.246. The first kappa shape index (κ1) is 20.6. The van der Waals surface area contributed by atoms with Crippen molar-refractivity contribution in [1.29, 1.82) is 0 Å². The highest BCUT2D eigenvalue weighted by atomic mass is 16.5. The van der Waals surface area contributed by atoms with E-state index in [1.165, 1.54) is 75.3 Å². The first-order valence-electron chi connectivity index (χ1n) is 11.5. The molecule has 1 aromatic carbocycles. The molecule has 2 fully saturated rings. The topological polar surface area (TPSA) is 9.23 Å². The maximum Gasteiger partial charge on any atom is 0.0818 e. The van der Waals surface area contributed by atoms with Crippen LogP contribution in [0.25, 0.3) is 0 Å². The van der Waals surface area contributed by atoms with Gasteiger partial charge in [-0.3, -0.25) is 0 Å². The van der Waals surface area contributed by atoms with Crippen LogP contribution in [0.4, 0.5) is 0 Å². The van der Waals surface area contributed by atoms with Crippen molar-refractivity contribution < 1.29 is 4.74 Å². The van der Waals surface area contributed by atoms with Crippen molar-refractivity contribution in [2.24, 2.45) is 23.7 Å². The van der Waals surface area contributed by atoms with Gasteiger partial charge in [0.25, 0.3) is 0 Å². The molecule has 150 valence electrons. The van der Waals surface area contributed by atoms with Crippen molar-refractivity contribution in [2.75, 3.05) is 7.11 Å². The third-order valence-corrected chi connectivity index (χ3v) is 7.56. The Kier molecular flexibility index (Phi) is 8.00. The van der Waals surface area contributed by atoms with E-state index in [1.807, 2.05) is 7.11 Å². The second kappa shape index (κ2) is 10.5. The van der Waals surface area contributed by atoms with Crippen molar-refractivity contribution in [3.05, 3.63) is 48.0 Å². The van der Waals surface area contributed by atoms with E-state index in [9.17, 15) is 0 Å². The van der Waals surface area contributed by atoms with Crippen molar-refractivity contribution >= 4 is 0 Å². The van der Waals surface area contributed by atoms with E-state index >= 15 is 0 Å².